The van der Waals surface area contributed by atoms with E-state index >= 15 is 0 Å². The Balaban J connectivity index is 3.06. The van der Waals surface area contributed by atoms with Crippen LogP contribution in [0.4, 0.5) is 0 Å². The van der Waals surface area contributed by atoms with Crippen LogP contribution in [-0.2, 0) is 0 Å². The summed E-state index contributed by atoms with van der Waals surface area (Å²) in [4.78, 5) is 2.58. The first-order chi connectivity index (χ1) is 4.72. The molecule has 0 spiro atoms. The van der Waals surface area contributed by atoms with Crippen molar-refractivity contribution < 1.29 is 4.74 Å². The largest absolute Gasteiger partial charge is 0.496 e. The number of aryl methyl sites for hydroxylation is 2. The molecule has 0 N–H and O–H groups in total. The molecule has 0 bridgehead atoms. The standard InChI is InChI=1S/C8H11OS/c1-6-4-8(9-3)5-7(2)10-6/h4-5H,1-3H3/q+1. The summed E-state index contributed by atoms with van der Waals surface area (Å²) in [6.07, 6.45) is 0. The summed E-state index contributed by atoms with van der Waals surface area (Å²) in [5, 5.41) is 0. The molecule has 0 fully saturated rings. The minimum absolute atomic E-state index is 0.953. The summed E-state index contributed by atoms with van der Waals surface area (Å²) in [7, 11) is 1.69. The fourth-order valence-corrected chi connectivity index (χ4v) is 1.73. The molecule has 1 heterocycles. The monoisotopic (exact) mass is 155 g/mol. The highest BCUT2D eigenvalue weighted by molar-refractivity contribution is 7.11. The SMILES string of the molecule is COc1cc(C)[s+]c(C)c1. The van der Waals surface area contributed by atoms with Crippen molar-refractivity contribution in [2.75, 3.05) is 7.11 Å². The van der Waals surface area contributed by atoms with Crippen LogP contribution in [0.3, 0.4) is 0 Å². The van der Waals surface area contributed by atoms with E-state index in [2.05, 4.69) is 13.8 Å². The second-order valence-electron chi connectivity index (χ2n) is 2.22. The topological polar surface area (TPSA) is 9.23 Å². The van der Waals surface area contributed by atoms with Crippen molar-refractivity contribution in [1.29, 1.82) is 0 Å². The van der Waals surface area contributed by atoms with E-state index in [1.807, 2.05) is 12.1 Å². The number of ether oxygens (including phenoxy) is 1. The molecule has 1 rings (SSSR count). The highest BCUT2D eigenvalue weighted by Crippen LogP contribution is 2.20. The number of hydrogen-bond acceptors (Lipinski definition) is 1. The molecule has 0 aliphatic heterocycles. The number of methoxy groups -OCH3 is 1. The molecule has 1 aromatic heterocycles. The van der Waals surface area contributed by atoms with Gasteiger partial charge in [-0.05, 0) is 0 Å². The van der Waals surface area contributed by atoms with Gasteiger partial charge in [0, 0.05) is 26.0 Å². The molecule has 0 saturated heterocycles. The molecule has 1 aromatic rings. The lowest BCUT2D eigenvalue weighted by Gasteiger charge is -1.94. The van der Waals surface area contributed by atoms with Crippen LogP contribution in [0, 0.1) is 13.8 Å². The van der Waals surface area contributed by atoms with E-state index in [4.69, 9.17) is 4.74 Å². The van der Waals surface area contributed by atoms with Crippen molar-refractivity contribution >= 4 is 11.3 Å². The molecule has 54 valence electrons. The molecular weight excluding hydrogens is 144 g/mol. The lowest BCUT2D eigenvalue weighted by Crippen LogP contribution is -1.82. The quantitative estimate of drug-likeness (QED) is 0.566. The highest BCUT2D eigenvalue weighted by Gasteiger charge is 2.05. The summed E-state index contributed by atoms with van der Waals surface area (Å²) in [6, 6.07) is 4.08. The zero-order chi connectivity index (χ0) is 7.56. The van der Waals surface area contributed by atoms with Gasteiger partial charge in [0.2, 0.25) is 21.1 Å². The van der Waals surface area contributed by atoms with Gasteiger partial charge in [0.15, 0.2) is 0 Å². The smallest absolute Gasteiger partial charge is 0.218 e. The summed E-state index contributed by atoms with van der Waals surface area (Å²) in [5.74, 6) is 0.953. The van der Waals surface area contributed by atoms with Crippen LogP contribution in [0.2, 0.25) is 0 Å². The lowest BCUT2D eigenvalue weighted by atomic mass is 10.4. The van der Waals surface area contributed by atoms with Gasteiger partial charge in [-0.15, -0.1) is 0 Å². The van der Waals surface area contributed by atoms with Crippen LogP contribution in [0.1, 0.15) is 9.75 Å². The van der Waals surface area contributed by atoms with Gasteiger partial charge in [0.1, 0.15) is 5.75 Å². The molecule has 1 nitrogen and oxygen atoms in total. The Hall–Kier alpha value is -0.630. The van der Waals surface area contributed by atoms with Crippen LogP contribution in [0.25, 0.3) is 0 Å². The van der Waals surface area contributed by atoms with Crippen LogP contribution in [0.5, 0.6) is 5.75 Å². The summed E-state index contributed by atoms with van der Waals surface area (Å²) in [6.45, 7) is 4.17. The van der Waals surface area contributed by atoms with Gasteiger partial charge in [0.05, 0.1) is 7.11 Å². The summed E-state index contributed by atoms with van der Waals surface area (Å²) >= 11 is 1.78. The van der Waals surface area contributed by atoms with E-state index in [9.17, 15) is 0 Å². The molecule has 0 atom stereocenters. The van der Waals surface area contributed by atoms with E-state index in [1.165, 1.54) is 9.75 Å². The molecule has 0 unspecified atom stereocenters. The Morgan fingerprint density at radius 1 is 1.20 bits per heavy atom. The number of rotatable bonds is 1. The molecule has 2 heteroatoms. The van der Waals surface area contributed by atoms with E-state index in [1.54, 1.807) is 18.4 Å². The normalized spacial score (nSPS) is 9.50. The summed E-state index contributed by atoms with van der Waals surface area (Å²) in [5.41, 5.74) is 0. The summed E-state index contributed by atoms with van der Waals surface area (Å²) < 4.78 is 5.08. The van der Waals surface area contributed by atoms with Crippen LogP contribution < -0.4 is 4.74 Å². The Labute approximate surface area is 65.3 Å². The minimum Gasteiger partial charge on any atom is -0.496 e. The third-order valence-electron chi connectivity index (χ3n) is 1.25. The van der Waals surface area contributed by atoms with E-state index < -0.39 is 0 Å². The maximum atomic E-state index is 5.08. The fraction of sp³-hybridized carbons (Fsp3) is 0.375. The van der Waals surface area contributed by atoms with Gasteiger partial charge in [-0.25, -0.2) is 0 Å². The molecular formula is C8H11OS+. The molecule has 0 amide bonds. The first kappa shape index (κ1) is 7.48. The Morgan fingerprint density at radius 2 is 1.70 bits per heavy atom. The minimum atomic E-state index is 0.953. The second-order valence-corrected chi connectivity index (χ2v) is 3.71. The zero-order valence-electron chi connectivity index (χ0n) is 6.47. The van der Waals surface area contributed by atoms with Crippen LogP contribution in [0.15, 0.2) is 12.1 Å². The average molecular weight is 155 g/mol. The molecule has 10 heavy (non-hydrogen) atoms. The fourth-order valence-electron chi connectivity index (χ4n) is 0.873. The van der Waals surface area contributed by atoms with Crippen LogP contribution in [-0.4, -0.2) is 7.11 Å². The first-order valence-corrected chi connectivity index (χ1v) is 3.99. The molecule has 0 saturated carbocycles. The Bertz CT molecular complexity index is 212. The second kappa shape index (κ2) is 2.97. The van der Waals surface area contributed by atoms with Gasteiger partial charge in [-0.3, -0.25) is 0 Å². The molecule has 0 radical (unpaired) electrons. The van der Waals surface area contributed by atoms with Gasteiger partial charge in [-0.1, -0.05) is 0 Å². The maximum Gasteiger partial charge on any atom is 0.218 e. The van der Waals surface area contributed by atoms with Crippen molar-refractivity contribution in [2.24, 2.45) is 0 Å². The van der Waals surface area contributed by atoms with E-state index in [0.29, 0.717) is 0 Å². The van der Waals surface area contributed by atoms with Crippen molar-refractivity contribution in [3.8, 4) is 5.75 Å². The molecule has 0 aromatic carbocycles. The van der Waals surface area contributed by atoms with Gasteiger partial charge >= 0.3 is 0 Å². The highest BCUT2D eigenvalue weighted by atomic mass is 32.1. The third-order valence-corrected chi connectivity index (χ3v) is 2.13. The molecule has 0 aliphatic rings. The average Bonchev–Trinajstić information content (AvgIpc) is 1.85. The predicted molar refractivity (Wildman–Crippen MR) is 44.8 cm³/mol. The number of hydrogen-bond donors (Lipinski definition) is 0. The maximum absolute atomic E-state index is 5.08. The van der Waals surface area contributed by atoms with Crippen molar-refractivity contribution in [1.82, 2.24) is 0 Å². The van der Waals surface area contributed by atoms with Gasteiger partial charge < -0.3 is 4.74 Å². The zero-order valence-corrected chi connectivity index (χ0v) is 7.29. The van der Waals surface area contributed by atoms with Crippen molar-refractivity contribution in [2.45, 2.75) is 13.8 Å². The van der Waals surface area contributed by atoms with E-state index in [-0.39, 0.29) is 0 Å². The van der Waals surface area contributed by atoms with E-state index in [0.717, 1.165) is 5.75 Å². The van der Waals surface area contributed by atoms with Crippen molar-refractivity contribution in [3.63, 3.8) is 0 Å². The van der Waals surface area contributed by atoms with Crippen LogP contribution >= 0.6 is 11.3 Å². The first-order valence-electron chi connectivity index (χ1n) is 3.18. The third kappa shape index (κ3) is 1.67. The lowest BCUT2D eigenvalue weighted by molar-refractivity contribution is 0.414. The Kier molecular flexibility index (Phi) is 2.22. The van der Waals surface area contributed by atoms with Gasteiger partial charge in [0.25, 0.3) is 0 Å². The van der Waals surface area contributed by atoms with Crippen molar-refractivity contribution in [3.05, 3.63) is 21.9 Å². The Morgan fingerprint density at radius 3 is 2.10 bits per heavy atom. The van der Waals surface area contributed by atoms with Gasteiger partial charge in [-0.2, -0.15) is 0 Å². The predicted octanol–water partition coefficient (Wildman–Crippen LogP) is 2.65. The molecule has 0 aliphatic carbocycles.